The van der Waals surface area contributed by atoms with Gasteiger partial charge in [0.25, 0.3) is 5.91 Å². The highest BCUT2D eigenvalue weighted by molar-refractivity contribution is 5.90. The Hall–Kier alpha value is -4.37. The highest BCUT2D eigenvalue weighted by atomic mass is 19.1. The van der Waals surface area contributed by atoms with Gasteiger partial charge < -0.3 is 19.9 Å². The number of hydrogen-bond acceptors (Lipinski definition) is 5. The van der Waals surface area contributed by atoms with Gasteiger partial charge in [0.2, 0.25) is 11.7 Å². The maximum Gasteiger partial charge on any atom is 0.258 e. The lowest BCUT2D eigenvalue weighted by Gasteiger charge is -2.26. The molecule has 0 radical (unpaired) electrons. The lowest BCUT2D eigenvalue weighted by molar-refractivity contribution is -0.133. The summed E-state index contributed by atoms with van der Waals surface area (Å²) in [5.41, 5.74) is 4.86. The Balaban J connectivity index is 1.70. The van der Waals surface area contributed by atoms with Crippen LogP contribution < -0.4 is 5.73 Å². The van der Waals surface area contributed by atoms with Crippen LogP contribution in [0.5, 0.6) is 0 Å². The van der Waals surface area contributed by atoms with Crippen molar-refractivity contribution in [3.63, 3.8) is 0 Å². The minimum Gasteiger partial charge on any atom is -0.372 e. The summed E-state index contributed by atoms with van der Waals surface area (Å²) in [6, 6.07) is 18.3. The predicted octanol–water partition coefficient (Wildman–Crippen LogP) is 3.99. The fourth-order valence-corrected chi connectivity index (χ4v) is 4.07. The maximum atomic E-state index is 15.4. The normalized spacial score (nSPS) is 13.2. The van der Waals surface area contributed by atoms with Crippen molar-refractivity contribution >= 4 is 16.8 Å². The van der Waals surface area contributed by atoms with Gasteiger partial charge in [-0.3, -0.25) is 4.79 Å². The minimum absolute atomic E-state index is 0.00592. The standard InChI is InChI=1S/C25H18F2N4O3/c1-14-29-23(30-34-14)22-21(27)19-13-17(26)9-12-20(19)31(22)18-10-7-16(8-11-18)25(33,24(28)32)15-5-3-2-4-6-15/h2-13,33H,1H3,(H2,28,32). The molecule has 5 rings (SSSR count). The molecule has 0 saturated carbocycles. The van der Waals surface area contributed by atoms with Crippen molar-refractivity contribution in [3.05, 3.63) is 101 Å². The molecule has 2 aromatic heterocycles. The second-order valence-corrected chi connectivity index (χ2v) is 7.78. The third-order valence-corrected chi connectivity index (χ3v) is 5.70. The van der Waals surface area contributed by atoms with Crippen LogP contribution in [0, 0.1) is 18.6 Å². The van der Waals surface area contributed by atoms with Gasteiger partial charge in [-0.15, -0.1) is 0 Å². The minimum atomic E-state index is -2.07. The molecule has 7 nitrogen and oxygen atoms in total. The number of nitrogens with zero attached hydrogens (tertiary/aromatic N) is 3. The first-order valence-electron chi connectivity index (χ1n) is 10.3. The number of fused-ring (bicyclic) bond motifs is 1. The third kappa shape index (κ3) is 3.25. The van der Waals surface area contributed by atoms with Crippen molar-refractivity contribution < 1.29 is 23.2 Å². The number of nitrogens with two attached hydrogens (primary N) is 1. The van der Waals surface area contributed by atoms with E-state index in [1.54, 1.807) is 49.4 Å². The Bertz CT molecular complexity index is 1530. The molecule has 2 heterocycles. The van der Waals surface area contributed by atoms with E-state index in [-0.39, 0.29) is 28.4 Å². The summed E-state index contributed by atoms with van der Waals surface area (Å²) in [6.07, 6.45) is 0. The summed E-state index contributed by atoms with van der Waals surface area (Å²) < 4.78 is 35.9. The van der Waals surface area contributed by atoms with Crippen LogP contribution >= 0.6 is 0 Å². The lowest BCUT2D eigenvalue weighted by atomic mass is 9.85. The Morgan fingerprint density at radius 3 is 2.32 bits per heavy atom. The average Bonchev–Trinajstić information content (AvgIpc) is 3.39. The molecule has 170 valence electrons. The molecular formula is C25H18F2N4O3. The van der Waals surface area contributed by atoms with Crippen LogP contribution in [0.25, 0.3) is 28.1 Å². The van der Waals surface area contributed by atoms with E-state index in [1.807, 2.05) is 0 Å². The largest absolute Gasteiger partial charge is 0.372 e. The maximum absolute atomic E-state index is 15.4. The van der Waals surface area contributed by atoms with Gasteiger partial charge in [0.1, 0.15) is 11.5 Å². The fourth-order valence-electron chi connectivity index (χ4n) is 4.07. The van der Waals surface area contributed by atoms with Crippen molar-refractivity contribution in [1.82, 2.24) is 14.7 Å². The first-order chi connectivity index (χ1) is 16.3. The Kier molecular flexibility index (Phi) is 4.98. The van der Waals surface area contributed by atoms with E-state index in [1.165, 1.54) is 28.8 Å². The van der Waals surface area contributed by atoms with Crippen LogP contribution in [0.2, 0.25) is 0 Å². The number of carbonyl (C=O) groups is 1. The third-order valence-electron chi connectivity index (χ3n) is 5.70. The van der Waals surface area contributed by atoms with E-state index in [2.05, 4.69) is 10.1 Å². The van der Waals surface area contributed by atoms with Gasteiger partial charge in [-0.25, -0.2) is 8.78 Å². The summed E-state index contributed by atoms with van der Waals surface area (Å²) >= 11 is 0. The zero-order chi connectivity index (χ0) is 24.0. The number of aryl methyl sites for hydroxylation is 1. The van der Waals surface area contributed by atoms with Gasteiger partial charge in [0.05, 0.1) is 5.52 Å². The Morgan fingerprint density at radius 2 is 1.71 bits per heavy atom. The van der Waals surface area contributed by atoms with E-state index in [9.17, 15) is 14.3 Å². The summed E-state index contributed by atoms with van der Waals surface area (Å²) in [5, 5.41) is 15.1. The number of rotatable bonds is 5. The average molecular weight is 460 g/mol. The second-order valence-electron chi connectivity index (χ2n) is 7.78. The van der Waals surface area contributed by atoms with E-state index in [0.717, 1.165) is 6.07 Å². The molecule has 5 aromatic rings. The summed E-state index contributed by atoms with van der Waals surface area (Å²) in [4.78, 5) is 16.4. The summed E-state index contributed by atoms with van der Waals surface area (Å²) in [7, 11) is 0. The molecule has 3 aromatic carbocycles. The first-order valence-corrected chi connectivity index (χ1v) is 10.3. The van der Waals surface area contributed by atoms with Crippen LogP contribution in [0.15, 0.2) is 77.3 Å². The fraction of sp³-hybridized carbons (Fsp3) is 0.0800. The van der Waals surface area contributed by atoms with Crippen molar-refractivity contribution in [2.24, 2.45) is 5.73 Å². The molecule has 0 aliphatic heterocycles. The molecule has 1 amide bonds. The molecule has 1 unspecified atom stereocenters. The van der Waals surface area contributed by atoms with Gasteiger partial charge in [-0.2, -0.15) is 4.98 Å². The number of halogens is 2. The van der Waals surface area contributed by atoms with E-state index in [0.29, 0.717) is 16.8 Å². The van der Waals surface area contributed by atoms with Gasteiger partial charge in [-0.05, 0) is 41.5 Å². The molecular weight excluding hydrogens is 442 g/mol. The molecule has 1 atom stereocenters. The van der Waals surface area contributed by atoms with Crippen LogP contribution in [0.4, 0.5) is 8.78 Å². The van der Waals surface area contributed by atoms with Crippen LogP contribution in [-0.4, -0.2) is 25.7 Å². The van der Waals surface area contributed by atoms with Crippen LogP contribution in [-0.2, 0) is 10.4 Å². The number of aromatic nitrogens is 3. The van der Waals surface area contributed by atoms with Crippen LogP contribution in [0.1, 0.15) is 17.0 Å². The summed E-state index contributed by atoms with van der Waals surface area (Å²) in [5.74, 6) is -2.01. The number of aliphatic hydroxyl groups is 1. The Morgan fingerprint density at radius 1 is 1.03 bits per heavy atom. The zero-order valence-corrected chi connectivity index (χ0v) is 17.9. The zero-order valence-electron chi connectivity index (χ0n) is 17.9. The van der Waals surface area contributed by atoms with Gasteiger partial charge in [0, 0.05) is 18.0 Å². The second kappa shape index (κ2) is 7.89. The smallest absolute Gasteiger partial charge is 0.258 e. The highest BCUT2D eigenvalue weighted by Gasteiger charge is 2.38. The molecule has 0 bridgehead atoms. The molecule has 0 saturated heterocycles. The quantitative estimate of drug-likeness (QED) is 0.413. The number of amides is 1. The predicted molar refractivity (Wildman–Crippen MR) is 120 cm³/mol. The molecule has 0 aliphatic rings. The van der Waals surface area contributed by atoms with Gasteiger partial charge in [-0.1, -0.05) is 47.6 Å². The van der Waals surface area contributed by atoms with Gasteiger partial charge in [0.15, 0.2) is 11.4 Å². The van der Waals surface area contributed by atoms with Crippen molar-refractivity contribution in [2.45, 2.75) is 12.5 Å². The summed E-state index contributed by atoms with van der Waals surface area (Å²) in [6.45, 7) is 1.57. The van der Waals surface area contributed by atoms with E-state index >= 15 is 4.39 Å². The van der Waals surface area contributed by atoms with E-state index < -0.39 is 23.1 Å². The van der Waals surface area contributed by atoms with Crippen molar-refractivity contribution in [1.29, 1.82) is 0 Å². The SMILES string of the molecule is Cc1nc(-c2c(F)c3cc(F)ccc3n2-c2ccc(C(O)(C(N)=O)c3ccccc3)cc2)no1. The number of hydrogen-bond donors (Lipinski definition) is 2. The highest BCUT2D eigenvalue weighted by Crippen LogP contribution is 2.36. The monoisotopic (exact) mass is 460 g/mol. The van der Waals surface area contributed by atoms with Gasteiger partial charge >= 0.3 is 0 Å². The molecule has 3 N–H and O–H groups in total. The molecule has 34 heavy (non-hydrogen) atoms. The van der Waals surface area contributed by atoms with Crippen molar-refractivity contribution in [3.8, 4) is 17.2 Å². The lowest BCUT2D eigenvalue weighted by Crippen LogP contribution is -2.42. The Labute approximate surface area is 192 Å². The topological polar surface area (TPSA) is 107 Å². The number of primary amides is 1. The van der Waals surface area contributed by atoms with Crippen molar-refractivity contribution in [2.75, 3.05) is 0 Å². The molecule has 0 aliphatic carbocycles. The molecule has 0 fully saturated rings. The van der Waals surface area contributed by atoms with Crippen LogP contribution in [0.3, 0.4) is 0 Å². The number of benzene rings is 3. The number of carbonyl (C=O) groups excluding carboxylic acids is 1. The molecule has 0 spiro atoms. The van der Waals surface area contributed by atoms with E-state index in [4.69, 9.17) is 10.3 Å². The first kappa shape index (κ1) is 21.5. The molecule has 9 heteroatoms.